The number of nitrogens with zero attached hydrogens (tertiary/aromatic N) is 2. The highest BCUT2D eigenvalue weighted by atomic mass is 32.2. The molecule has 2 aromatic carbocycles. The second-order valence-electron chi connectivity index (χ2n) is 7.01. The molecule has 0 aliphatic rings. The Morgan fingerprint density at radius 3 is 2.61 bits per heavy atom. The zero-order valence-electron chi connectivity index (χ0n) is 17.2. The zero-order chi connectivity index (χ0) is 22.3. The van der Waals surface area contributed by atoms with Crippen LogP contribution in [-0.4, -0.2) is 37.2 Å². The summed E-state index contributed by atoms with van der Waals surface area (Å²) in [5, 5.41) is 10.1. The lowest BCUT2D eigenvalue weighted by atomic mass is 10.1. The van der Waals surface area contributed by atoms with E-state index in [1.807, 2.05) is 38.1 Å². The third-order valence-corrected chi connectivity index (χ3v) is 6.76. The molecule has 164 valence electrons. The summed E-state index contributed by atoms with van der Waals surface area (Å²) in [7, 11) is -3.80. The number of anilines is 1. The van der Waals surface area contributed by atoms with Crippen molar-refractivity contribution >= 4 is 32.4 Å². The number of sulfonamides is 1. The minimum atomic E-state index is -3.80. The van der Waals surface area contributed by atoms with Gasteiger partial charge in [-0.15, -0.1) is 10.2 Å². The molecule has 0 aliphatic carbocycles. The van der Waals surface area contributed by atoms with Gasteiger partial charge in [-0.1, -0.05) is 41.7 Å². The van der Waals surface area contributed by atoms with Crippen LogP contribution >= 0.6 is 11.3 Å². The fourth-order valence-corrected chi connectivity index (χ4v) is 4.74. The van der Waals surface area contributed by atoms with Crippen LogP contribution in [0.2, 0.25) is 0 Å². The van der Waals surface area contributed by atoms with Crippen LogP contribution in [0.25, 0.3) is 0 Å². The summed E-state index contributed by atoms with van der Waals surface area (Å²) < 4.78 is 32.9. The molecule has 3 aromatic rings. The highest BCUT2D eigenvalue weighted by Gasteiger charge is 2.20. The molecule has 2 N–H and O–H groups in total. The molecule has 0 aliphatic heterocycles. The van der Waals surface area contributed by atoms with Crippen molar-refractivity contribution in [1.82, 2.24) is 14.9 Å². The second-order valence-corrected chi connectivity index (χ2v) is 9.93. The molecule has 0 saturated heterocycles. The minimum absolute atomic E-state index is 0.0938. The first kappa shape index (κ1) is 22.9. The van der Waals surface area contributed by atoms with Crippen molar-refractivity contribution < 1.29 is 17.9 Å². The number of hydrogen-bond acceptors (Lipinski definition) is 7. The Morgan fingerprint density at radius 1 is 1.10 bits per heavy atom. The topological polar surface area (TPSA) is 110 Å². The third-order valence-electron chi connectivity index (χ3n) is 4.10. The van der Waals surface area contributed by atoms with E-state index in [2.05, 4.69) is 20.2 Å². The number of hydrogen-bond donors (Lipinski definition) is 2. The summed E-state index contributed by atoms with van der Waals surface area (Å²) in [6.45, 7) is 4.18. The van der Waals surface area contributed by atoms with Gasteiger partial charge in [0.25, 0.3) is 15.9 Å². The van der Waals surface area contributed by atoms with Gasteiger partial charge < -0.3 is 4.74 Å². The normalized spacial score (nSPS) is 11.5. The summed E-state index contributed by atoms with van der Waals surface area (Å²) in [6.07, 6.45) is 1.41. The maximum absolute atomic E-state index is 12.5. The van der Waals surface area contributed by atoms with E-state index in [0.29, 0.717) is 18.4 Å². The number of nitrogens with one attached hydrogen (secondary N) is 2. The van der Waals surface area contributed by atoms with Crippen molar-refractivity contribution in [3.05, 3.63) is 65.7 Å². The highest BCUT2D eigenvalue weighted by Crippen LogP contribution is 2.21. The average Bonchev–Trinajstić information content (AvgIpc) is 3.21. The summed E-state index contributed by atoms with van der Waals surface area (Å²) in [6, 6.07) is 16.3. The number of rotatable bonds is 10. The standard InChI is InChI=1S/C21H24N4O4S2/c1-15(2)29-18-12-6-8-16(14-18)9-7-13-22-31(27,28)21-25-24-20(30-21)23-19(26)17-10-4-3-5-11-17/h3-6,8,10-12,14-15,22H,7,9,13H2,1-2H3,(H,23,24,26). The molecule has 0 fully saturated rings. The molecule has 0 unspecified atom stereocenters. The molecule has 0 atom stereocenters. The van der Waals surface area contributed by atoms with Crippen LogP contribution in [-0.2, 0) is 16.4 Å². The molecule has 0 radical (unpaired) electrons. The minimum Gasteiger partial charge on any atom is -0.491 e. The lowest BCUT2D eigenvalue weighted by Gasteiger charge is -2.11. The van der Waals surface area contributed by atoms with Crippen LogP contribution in [0.5, 0.6) is 5.75 Å². The monoisotopic (exact) mass is 460 g/mol. The van der Waals surface area contributed by atoms with Crippen molar-refractivity contribution in [1.29, 1.82) is 0 Å². The molecule has 10 heteroatoms. The lowest BCUT2D eigenvalue weighted by Crippen LogP contribution is -2.25. The smallest absolute Gasteiger partial charge is 0.269 e. The van der Waals surface area contributed by atoms with Crippen molar-refractivity contribution in [2.75, 3.05) is 11.9 Å². The van der Waals surface area contributed by atoms with Gasteiger partial charge in [0.1, 0.15) is 5.75 Å². The van der Waals surface area contributed by atoms with Crippen LogP contribution in [0.3, 0.4) is 0 Å². The summed E-state index contributed by atoms with van der Waals surface area (Å²) in [4.78, 5) is 12.2. The molecule has 0 spiro atoms. The molecule has 0 saturated carbocycles. The Bertz CT molecular complexity index is 1120. The largest absolute Gasteiger partial charge is 0.491 e. The van der Waals surface area contributed by atoms with Crippen LogP contribution in [0.15, 0.2) is 58.9 Å². The number of aryl methyl sites for hydroxylation is 1. The Morgan fingerprint density at radius 2 is 1.87 bits per heavy atom. The summed E-state index contributed by atoms with van der Waals surface area (Å²) >= 11 is 0.804. The molecular weight excluding hydrogens is 436 g/mol. The molecule has 31 heavy (non-hydrogen) atoms. The molecule has 1 heterocycles. The van der Waals surface area contributed by atoms with Crippen molar-refractivity contribution in [3.63, 3.8) is 0 Å². The molecule has 1 amide bonds. The number of carbonyl (C=O) groups excluding carboxylic acids is 1. The molecular formula is C21H24N4O4S2. The Hall–Kier alpha value is -2.82. The van der Waals surface area contributed by atoms with Gasteiger partial charge in [0.2, 0.25) is 9.47 Å². The molecule has 1 aromatic heterocycles. The predicted octanol–water partition coefficient (Wildman–Crippen LogP) is 3.49. The molecule has 8 nitrogen and oxygen atoms in total. The van der Waals surface area contributed by atoms with Gasteiger partial charge in [-0.05, 0) is 56.5 Å². The lowest BCUT2D eigenvalue weighted by molar-refractivity contribution is 0.102. The van der Waals surface area contributed by atoms with E-state index in [4.69, 9.17) is 4.74 Å². The average molecular weight is 461 g/mol. The summed E-state index contributed by atoms with van der Waals surface area (Å²) in [5.74, 6) is 0.421. The van der Waals surface area contributed by atoms with Crippen molar-refractivity contribution in [3.8, 4) is 5.75 Å². The number of aromatic nitrogens is 2. The van der Waals surface area contributed by atoms with E-state index in [1.165, 1.54) is 0 Å². The second kappa shape index (κ2) is 10.5. The fourth-order valence-electron chi connectivity index (χ4n) is 2.73. The van der Waals surface area contributed by atoms with E-state index >= 15 is 0 Å². The van der Waals surface area contributed by atoms with Crippen LogP contribution in [0.4, 0.5) is 5.13 Å². The van der Waals surface area contributed by atoms with E-state index in [-0.39, 0.29) is 28.0 Å². The predicted molar refractivity (Wildman–Crippen MR) is 120 cm³/mol. The fraction of sp³-hybridized carbons (Fsp3) is 0.286. The van der Waals surface area contributed by atoms with Crippen molar-refractivity contribution in [2.24, 2.45) is 0 Å². The van der Waals surface area contributed by atoms with Gasteiger partial charge in [0.15, 0.2) is 0 Å². The number of benzene rings is 2. The van der Waals surface area contributed by atoms with E-state index in [0.717, 1.165) is 22.6 Å². The number of carbonyl (C=O) groups is 1. The van der Waals surface area contributed by atoms with Gasteiger partial charge in [-0.25, -0.2) is 13.1 Å². The first-order chi connectivity index (χ1) is 14.8. The van der Waals surface area contributed by atoms with Crippen LogP contribution < -0.4 is 14.8 Å². The van der Waals surface area contributed by atoms with Gasteiger partial charge in [0.05, 0.1) is 6.10 Å². The number of ether oxygens (including phenoxy) is 1. The molecule has 0 bridgehead atoms. The third kappa shape index (κ3) is 6.84. The van der Waals surface area contributed by atoms with Crippen LogP contribution in [0, 0.1) is 0 Å². The van der Waals surface area contributed by atoms with E-state index < -0.39 is 10.0 Å². The zero-order valence-corrected chi connectivity index (χ0v) is 18.9. The first-order valence-corrected chi connectivity index (χ1v) is 12.1. The summed E-state index contributed by atoms with van der Waals surface area (Å²) in [5.41, 5.74) is 1.52. The number of amides is 1. The van der Waals surface area contributed by atoms with Gasteiger partial charge >= 0.3 is 0 Å². The Labute approximate surface area is 185 Å². The Kier molecular flexibility index (Phi) is 7.72. The quantitative estimate of drug-likeness (QED) is 0.354. The van der Waals surface area contributed by atoms with Gasteiger partial charge in [-0.2, -0.15) is 0 Å². The maximum Gasteiger partial charge on any atom is 0.269 e. The first-order valence-electron chi connectivity index (χ1n) is 9.78. The van der Waals surface area contributed by atoms with Gasteiger partial charge in [-0.3, -0.25) is 10.1 Å². The van der Waals surface area contributed by atoms with Crippen molar-refractivity contribution in [2.45, 2.75) is 37.1 Å². The van der Waals surface area contributed by atoms with E-state index in [9.17, 15) is 13.2 Å². The van der Waals surface area contributed by atoms with Crippen LogP contribution in [0.1, 0.15) is 36.2 Å². The SMILES string of the molecule is CC(C)Oc1cccc(CCCNS(=O)(=O)c2nnc(NC(=O)c3ccccc3)s2)c1. The maximum atomic E-state index is 12.5. The van der Waals surface area contributed by atoms with Gasteiger partial charge in [0, 0.05) is 12.1 Å². The Balaban J connectivity index is 1.51. The molecule has 3 rings (SSSR count). The van der Waals surface area contributed by atoms with E-state index in [1.54, 1.807) is 30.3 Å². The highest BCUT2D eigenvalue weighted by molar-refractivity contribution is 7.91.